The van der Waals surface area contributed by atoms with Gasteiger partial charge in [0.15, 0.2) is 6.29 Å². The summed E-state index contributed by atoms with van der Waals surface area (Å²) < 4.78 is 28.5. The summed E-state index contributed by atoms with van der Waals surface area (Å²) in [5, 5.41) is 0. The number of benzene rings is 4. The second kappa shape index (κ2) is 15.7. The lowest BCUT2D eigenvalue weighted by molar-refractivity contribution is -0.152. The van der Waals surface area contributed by atoms with Gasteiger partial charge in [-0.05, 0) is 90.1 Å². The first-order valence-corrected chi connectivity index (χ1v) is 14.3. The van der Waals surface area contributed by atoms with Gasteiger partial charge < -0.3 is 23.7 Å². The number of allylic oxidation sites excluding steroid dienone is 1. The third kappa shape index (κ3) is 8.46. The number of methoxy groups -OCH3 is 1. The predicted octanol–water partition coefficient (Wildman–Crippen LogP) is 8.42. The first kappa shape index (κ1) is 29.9. The van der Waals surface area contributed by atoms with Crippen molar-refractivity contribution < 1.29 is 23.7 Å². The molecule has 5 heteroatoms. The van der Waals surface area contributed by atoms with E-state index in [0.29, 0.717) is 26.4 Å². The van der Waals surface area contributed by atoms with Crippen molar-refractivity contribution in [1.82, 2.24) is 0 Å². The Balaban J connectivity index is 1.58. The van der Waals surface area contributed by atoms with E-state index in [1.54, 1.807) is 7.11 Å². The molecule has 0 aliphatic heterocycles. The molecule has 41 heavy (non-hydrogen) atoms. The van der Waals surface area contributed by atoms with E-state index in [-0.39, 0.29) is 6.29 Å². The van der Waals surface area contributed by atoms with Crippen LogP contribution in [0.25, 0.3) is 11.1 Å². The van der Waals surface area contributed by atoms with Gasteiger partial charge in [0.1, 0.15) is 30.5 Å². The van der Waals surface area contributed by atoms with Gasteiger partial charge in [0.05, 0.1) is 7.11 Å². The van der Waals surface area contributed by atoms with Crippen molar-refractivity contribution in [2.75, 3.05) is 26.9 Å². The summed E-state index contributed by atoms with van der Waals surface area (Å²) in [4.78, 5) is 0. The van der Waals surface area contributed by atoms with E-state index in [4.69, 9.17) is 23.7 Å². The van der Waals surface area contributed by atoms with Crippen LogP contribution in [-0.2, 0) is 16.1 Å². The molecule has 0 aliphatic carbocycles. The molecule has 0 radical (unpaired) electrons. The largest absolute Gasteiger partial charge is 0.497 e. The SMILES string of the molecule is CCOC(COc1ccc(/C(=C(/CC)c2ccccc2)c2ccc(OCc3ccc(OC)cc3)cc2)cc1)OCC. The molecule has 0 bridgehead atoms. The summed E-state index contributed by atoms with van der Waals surface area (Å²) >= 11 is 0. The molecule has 214 valence electrons. The molecule has 5 nitrogen and oxygen atoms in total. The summed E-state index contributed by atoms with van der Waals surface area (Å²) in [6.07, 6.45) is 0.507. The van der Waals surface area contributed by atoms with Crippen LogP contribution in [0, 0.1) is 0 Å². The van der Waals surface area contributed by atoms with Gasteiger partial charge in [-0.25, -0.2) is 0 Å². The molecule has 0 saturated carbocycles. The highest BCUT2D eigenvalue weighted by Gasteiger charge is 2.14. The van der Waals surface area contributed by atoms with Crippen molar-refractivity contribution in [3.05, 3.63) is 125 Å². The number of rotatable bonds is 15. The van der Waals surface area contributed by atoms with E-state index in [1.165, 1.54) is 16.7 Å². The monoisotopic (exact) mass is 552 g/mol. The third-order valence-electron chi connectivity index (χ3n) is 6.72. The second-order valence-electron chi connectivity index (χ2n) is 9.41. The molecular weight excluding hydrogens is 512 g/mol. The van der Waals surface area contributed by atoms with Crippen LogP contribution in [0.1, 0.15) is 49.4 Å². The van der Waals surface area contributed by atoms with E-state index in [9.17, 15) is 0 Å². The lowest BCUT2D eigenvalue weighted by atomic mass is 9.88. The van der Waals surface area contributed by atoms with Crippen molar-refractivity contribution >= 4 is 11.1 Å². The molecule has 4 aromatic carbocycles. The average molecular weight is 553 g/mol. The summed E-state index contributed by atoms with van der Waals surface area (Å²) in [6.45, 7) is 8.08. The van der Waals surface area contributed by atoms with Crippen molar-refractivity contribution in [2.24, 2.45) is 0 Å². The zero-order chi connectivity index (χ0) is 28.9. The average Bonchev–Trinajstić information content (AvgIpc) is 3.03. The van der Waals surface area contributed by atoms with Crippen LogP contribution in [0.4, 0.5) is 0 Å². The molecule has 0 N–H and O–H groups in total. The molecule has 0 fully saturated rings. The lowest BCUT2D eigenvalue weighted by Gasteiger charge is -2.19. The number of hydrogen-bond donors (Lipinski definition) is 0. The second-order valence-corrected chi connectivity index (χ2v) is 9.41. The maximum atomic E-state index is 6.08. The minimum atomic E-state index is -0.379. The fourth-order valence-electron chi connectivity index (χ4n) is 4.68. The van der Waals surface area contributed by atoms with E-state index in [1.807, 2.05) is 62.4 Å². The quantitative estimate of drug-likeness (QED) is 0.109. The van der Waals surface area contributed by atoms with Gasteiger partial charge in [-0.1, -0.05) is 73.7 Å². The first-order valence-electron chi connectivity index (χ1n) is 14.3. The Hall–Kier alpha value is -4.06. The van der Waals surface area contributed by atoms with Crippen LogP contribution in [0.15, 0.2) is 103 Å². The van der Waals surface area contributed by atoms with Gasteiger partial charge in [-0.3, -0.25) is 0 Å². The summed E-state index contributed by atoms with van der Waals surface area (Å²) in [7, 11) is 1.67. The molecule has 0 atom stereocenters. The zero-order valence-corrected chi connectivity index (χ0v) is 24.5. The van der Waals surface area contributed by atoms with Gasteiger partial charge in [0, 0.05) is 13.2 Å². The molecule has 4 aromatic rings. The molecule has 0 aromatic heterocycles. The van der Waals surface area contributed by atoms with Crippen molar-refractivity contribution in [2.45, 2.75) is 40.1 Å². The summed E-state index contributed by atoms with van der Waals surface area (Å²) in [5.41, 5.74) is 7.01. The normalized spacial score (nSPS) is 11.7. The van der Waals surface area contributed by atoms with Crippen molar-refractivity contribution in [3.8, 4) is 17.2 Å². The van der Waals surface area contributed by atoms with Crippen LogP contribution in [-0.4, -0.2) is 33.2 Å². The maximum absolute atomic E-state index is 6.08. The Morgan fingerprint density at radius 2 is 1.12 bits per heavy atom. The van der Waals surface area contributed by atoms with Gasteiger partial charge in [-0.15, -0.1) is 0 Å². The predicted molar refractivity (Wildman–Crippen MR) is 165 cm³/mol. The fraction of sp³-hybridized carbons (Fsp3) is 0.278. The molecule has 0 saturated heterocycles. The van der Waals surface area contributed by atoms with Crippen molar-refractivity contribution in [3.63, 3.8) is 0 Å². The minimum absolute atomic E-state index is 0.339. The van der Waals surface area contributed by atoms with Gasteiger partial charge in [-0.2, -0.15) is 0 Å². The zero-order valence-electron chi connectivity index (χ0n) is 24.5. The van der Waals surface area contributed by atoms with E-state index in [2.05, 4.69) is 61.5 Å². The molecule has 0 heterocycles. The Labute approximate surface area is 244 Å². The number of ether oxygens (including phenoxy) is 5. The maximum Gasteiger partial charge on any atom is 0.191 e. The summed E-state index contributed by atoms with van der Waals surface area (Å²) in [6, 6.07) is 35.1. The Bertz CT molecular complexity index is 1340. The molecule has 0 aliphatic rings. The van der Waals surface area contributed by atoms with E-state index >= 15 is 0 Å². The van der Waals surface area contributed by atoms with E-state index in [0.717, 1.165) is 40.4 Å². The molecule has 0 unspecified atom stereocenters. The van der Waals surface area contributed by atoms with Crippen molar-refractivity contribution in [1.29, 1.82) is 0 Å². The molecule has 0 amide bonds. The standard InChI is InChI=1S/C36H40O5/c1-5-34(28-11-9-8-10-12-28)36(30-17-23-33(24-18-30)41-26-35(38-6-2)39-7-3)29-15-21-32(22-16-29)40-25-27-13-19-31(37-4)20-14-27/h8-24,35H,5-7,25-26H2,1-4H3/b36-34-. The van der Waals surface area contributed by atoms with E-state index < -0.39 is 0 Å². The molecular formula is C36H40O5. The Morgan fingerprint density at radius 3 is 1.63 bits per heavy atom. The Morgan fingerprint density at radius 1 is 0.585 bits per heavy atom. The minimum Gasteiger partial charge on any atom is -0.497 e. The van der Waals surface area contributed by atoms with Gasteiger partial charge in [0.25, 0.3) is 0 Å². The van der Waals surface area contributed by atoms with Gasteiger partial charge >= 0.3 is 0 Å². The molecule has 4 rings (SSSR count). The highest BCUT2D eigenvalue weighted by molar-refractivity contribution is 5.98. The Kier molecular flexibility index (Phi) is 11.4. The van der Waals surface area contributed by atoms with Crippen LogP contribution in [0.5, 0.6) is 17.2 Å². The topological polar surface area (TPSA) is 46.2 Å². The van der Waals surface area contributed by atoms with Crippen LogP contribution in [0.3, 0.4) is 0 Å². The summed E-state index contributed by atoms with van der Waals surface area (Å²) in [5.74, 6) is 2.43. The fourth-order valence-corrected chi connectivity index (χ4v) is 4.68. The smallest absolute Gasteiger partial charge is 0.191 e. The van der Waals surface area contributed by atoms with Crippen LogP contribution in [0.2, 0.25) is 0 Å². The lowest BCUT2D eigenvalue weighted by Crippen LogP contribution is -2.25. The highest BCUT2D eigenvalue weighted by atomic mass is 16.7. The first-order chi connectivity index (χ1) is 20.1. The van der Waals surface area contributed by atoms with Crippen LogP contribution >= 0.6 is 0 Å². The number of hydrogen-bond acceptors (Lipinski definition) is 5. The third-order valence-corrected chi connectivity index (χ3v) is 6.72. The van der Waals surface area contributed by atoms with Crippen LogP contribution < -0.4 is 14.2 Å². The molecule has 0 spiro atoms. The highest BCUT2D eigenvalue weighted by Crippen LogP contribution is 2.35. The van der Waals surface area contributed by atoms with Gasteiger partial charge in [0.2, 0.25) is 0 Å².